The average molecular weight is 525 g/mol. The van der Waals surface area contributed by atoms with E-state index in [2.05, 4.69) is 0 Å². The summed E-state index contributed by atoms with van der Waals surface area (Å²) < 4.78 is 41.9. The average Bonchev–Trinajstić information content (AvgIpc) is 3.17. The third-order valence-electron chi connectivity index (χ3n) is 6.81. The number of phenolic OH excluding ortho intramolecular Hbond substituents is 2. The van der Waals surface area contributed by atoms with Gasteiger partial charge >= 0.3 is 6.18 Å². The molecule has 6 rings (SSSR count). The van der Waals surface area contributed by atoms with Crippen LogP contribution in [0.2, 0.25) is 0 Å². The van der Waals surface area contributed by atoms with Crippen molar-refractivity contribution in [3.63, 3.8) is 0 Å². The van der Waals surface area contributed by atoms with Gasteiger partial charge in [-0.05, 0) is 58.3 Å². The Balaban J connectivity index is 1.74. The number of hydrogen-bond donors (Lipinski definition) is 2. The number of rotatable bonds is 3. The number of nitrogens with zero attached hydrogens (tertiary/aromatic N) is 1. The van der Waals surface area contributed by atoms with E-state index in [4.69, 9.17) is 0 Å². The first-order valence-electron chi connectivity index (χ1n) is 11.9. The molecule has 0 saturated heterocycles. The van der Waals surface area contributed by atoms with Crippen LogP contribution in [0.1, 0.15) is 26.3 Å². The van der Waals surface area contributed by atoms with E-state index in [-0.39, 0.29) is 22.6 Å². The highest BCUT2D eigenvalue weighted by molar-refractivity contribution is 6.40. The van der Waals surface area contributed by atoms with Crippen LogP contribution in [0.4, 0.5) is 18.9 Å². The Kier molecular flexibility index (Phi) is 5.43. The highest BCUT2D eigenvalue weighted by Gasteiger charge is 2.45. The third kappa shape index (κ3) is 3.80. The maximum absolute atomic E-state index is 14.1. The van der Waals surface area contributed by atoms with Crippen LogP contribution in [0.3, 0.4) is 0 Å². The molecule has 192 valence electrons. The standard InChI is InChI=1S/C31H18F3NO4/c32-31(33,34)23-7-3-4-8-24(23)35-29(38)27-25(17-9-13-19(36)14-10-17)21-5-1-2-6-22(21)26(28(27)30(35)39)18-11-15-20(37)16-12-18/h1-16,36-37H. The monoisotopic (exact) mass is 525 g/mol. The summed E-state index contributed by atoms with van der Waals surface area (Å²) in [5.74, 6) is -1.80. The van der Waals surface area contributed by atoms with E-state index in [0.29, 0.717) is 37.9 Å². The van der Waals surface area contributed by atoms with Crippen molar-refractivity contribution in [2.24, 2.45) is 0 Å². The van der Waals surface area contributed by atoms with E-state index >= 15 is 0 Å². The fourth-order valence-electron chi connectivity index (χ4n) is 5.17. The molecule has 2 N–H and O–H groups in total. The van der Waals surface area contributed by atoms with Crippen LogP contribution in [0.5, 0.6) is 11.5 Å². The predicted molar refractivity (Wildman–Crippen MR) is 141 cm³/mol. The van der Waals surface area contributed by atoms with Crippen molar-refractivity contribution in [2.75, 3.05) is 4.90 Å². The molecule has 2 amide bonds. The van der Waals surface area contributed by atoms with Crippen molar-refractivity contribution in [2.45, 2.75) is 6.18 Å². The van der Waals surface area contributed by atoms with Crippen LogP contribution in [0.15, 0.2) is 97.1 Å². The van der Waals surface area contributed by atoms with E-state index in [1.807, 2.05) is 0 Å². The minimum atomic E-state index is -4.81. The molecule has 1 heterocycles. The molecule has 5 aromatic carbocycles. The first kappa shape index (κ1) is 24.2. The number of para-hydroxylation sites is 1. The molecule has 0 unspecified atom stereocenters. The van der Waals surface area contributed by atoms with E-state index < -0.39 is 29.2 Å². The van der Waals surface area contributed by atoms with E-state index in [0.717, 1.165) is 12.1 Å². The Bertz CT molecular complexity index is 1690. The molecule has 1 aliphatic heterocycles. The molecule has 0 saturated carbocycles. The highest BCUT2D eigenvalue weighted by Crippen LogP contribution is 2.48. The maximum atomic E-state index is 14.1. The Labute approximate surface area is 220 Å². The van der Waals surface area contributed by atoms with Gasteiger partial charge in [-0.15, -0.1) is 0 Å². The number of phenols is 2. The summed E-state index contributed by atoms with van der Waals surface area (Å²) in [6.45, 7) is 0. The lowest BCUT2D eigenvalue weighted by Crippen LogP contribution is -2.31. The van der Waals surface area contributed by atoms with Crippen LogP contribution in [0, 0.1) is 0 Å². The van der Waals surface area contributed by atoms with E-state index in [9.17, 15) is 33.0 Å². The lowest BCUT2D eigenvalue weighted by molar-refractivity contribution is -0.137. The van der Waals surface area contributed by atoms with Gasteiger partial charge in [-0.1, -0.05) is 60.7 Å². The van der Waals surface area contributed by atoms with Crippen molar-refractivity contribution >= 4 is 28.3 Å². The third-order valence-corrected chi connectivity index (χ3v) is 6.81. The van der Waals surface area contributed by atoms with Crippen molar-refractivity contribution < 1.29 is 33.0 Å². The highest BCUT2D eigenvalue weighted by atomic mass is 19.4. The fraction of sp³-hybridized carbons (Fsp3) is 0.0323. The number of halogens is 3. The Morgan fingerprint density at radius 2 is 0.949 bits per heavy atom. The number of carbonyl (C=O) groups is 2. The van der Waals surface area contributed by atoms with Crippen molar-refractivity contribution in [3.05, 3.63) is 114 Å². The Hall–Kier alpha value is -5.11. The summed E-state index contributed by atoms with van der Waals surface area (Å²) in [6.07, 6.45) is -4.81. The molecule has 39 heavy (non-hydrogen) atoms. The molecule has 1 aliphatic rings. The number of fused-ring (bicyclic) bond motifs is 2. The normalized spacial score (nSPS) is 13.3. The van der Waals surface area contributed by atoms with Gasteiger partial charge < -0.3 is 10.2 Å². The number of benzene rings is 5. The van der Waals surface area contributed by atoms with Crippen molar-refractivity contribution in [3.8, 4) is 33.8 Å². The Morgan fingerprint density at radius 3 is 1.38 bits per heavy atom. The molecule has 8 heteroatoms. The van der Waals surface area contributed by atoms with Gasteiger partial charge in [0.05, 0.1) is 22.4 Å². The summed E-state index contributed by atoms with van der Waals surface area (Å²) in [5, 5.41) is 20.9. The molecule has 0 atom stereocenters. The van der Waals surface area contributed by atoms with Crippen molar-refractivity contribution in [1.82, 2.24) is 0 Å². The molecule has 0 fully saturated rings. The molecular formula is C31H18F3NO4. The zero-order valence-corrected chi connectivity index (χ0v) is 20.0. The van der Waals surface area contributed by atoms with Crippen LogP contribution in [-0.4, -0.2) is 22.0 Å². The number of amides is 2. The first-order chi connectivity index (χ1) is 18.7. The number of carbonyl (C=O) groups excluding carboxylic acids is 2. The van der Waals surface area contributed by atoms with Gasteiger partial charge in [0.15, 0.2) is 0 Å². The van der Waals surface area contributed by atoms with Gasteiger partial charge in [0.1, 0.15) is 11.5 Å². The number of aromatic hydroxyl groups is 2. The minimum absolute atomic E-state index is 0.0106. The summed E-state index contributed by atoms with van der Waals surface area (Å²) in [7, 11) is 0. The zero-order chi connectivity index (χ0) is 27.5. The van der Waals surface area contributed by atoms with Gasteiger partial charge in [0.25, 0.3) is 11.8 Å². The molecule has 5 aromatic rings. The predicted octanol–water partition coefficient (Wildman–Crippen LogP) is 7.40. The van der Waals surface area contributed by atoms with Crippen molar-refractivity contribution in [1.29, 1.82) is 0 Å². The van der Waals surface area contributed by atoms with Crippen LogP contribution >= 0.6 is 0 Å². The number of alkyl halides is 3. The second-order valence-electron chi connectivity index (χ2n) is 9.10. The summed E-state index contributed by atoms with van der Waals surface area (Å²) in [5.41, 5.74) is 0.0000395. The quantitative estimate of drug-likeness (QED) is 0.241. The van der Waals surface area contributed by atoms with Gasteiger partial charge in [0.2, 0.25) is 0 Å². The lowest BCUT2D eigenvalue weighted by Gasteiger charge is -2.19. The minimum Gasteiger partial charge on any atom is -0.508 e. The number of imide groups is 1. The van der Waals surface area contributed by atoms with Gasteiger partial charge in [-0.25, -0.2) is 4.90 Å². The molecule has 0 spiro atoms. The second-order valence-corrected chi connectivity index (χ2v) is 9.10. The molecule has 0 aliphatic carbocycles. The van der Waals surface area contributed by atoms with Gasteiger partial charge in [0, 0.05) is 11.1 Å². The topological polar surface area (TPSA) is 77.8 Å². The van der Waals surface area contributed by atoms with Gasteiger partial charge in [-0.2, -0.15) is 13.2 Å². The Morgan fingerprint density at radius 1 is 0.538 bits per heavy atom. The molecule has 0 bridgehead atoms. The molecule has 0 aromatic heterocycles. The molecular weight excluding hydrogens is 507 g/mol. The van der Waals surface area contributed by atoms with E-state index in [1.54, 1.807) is 48.5 Å². The van der Waals surface area contributed by atoms with Crippen LogP contribution in [-0.2, 0) is 6.18 Å². The smallest absolute Gasteiger partial charge is 0.418 e. The SMILES string of the molecule is O=C1c2c(c(-c3ccc(O)cc3)c3ccccc3c2-c2ccc(O)cc2)C(=O)N1c1ccccc1C(F)(F)F. The lowest BCUT2D eigenvalue weighted by atomic mass is 9.84. The summed E-state index contributed by atoms with van der Waals surface area (Å²) >= 11 is 0. The zero-order valence-electron chi connectivity index (χ0n) is 20.0. The maximum Gasteiger partial charge on any atom is 0.418 e. The van der Waals surface area contributed by atoms with E-state index in [1.165, 1.54) is 36.4 Å². The number of anilines is 1. The summed E-state index contributed by atoms with van der Waals surface area (Å²) in [4.78, 5) is 28.7. The van der Waals surface area contributed by atoms with Crippen LogP contribution in [0.25, 0.3) is 33.0 Å². The largest absolute Gasteiger partial charge is 0.508 e. The molecule has 5 nitrogen and oxygen atoms in total. The number of hydrogen-bond acceptors (Lipinski definition) is 4. The van der Waals surface area contributed by atoms with Gasteiger partial charge in [-0.3, -0.25) is 9.59 Å². The first-order valence-corrected chi connectivity index (χ1v) is 11.9. The summed E-state index contributed by atoms with van der Waals surface area (Å²) in [6, 6.07) is 23.6. The second kappa shape index (κ2) is 8.73. The molecule has 0 radical (unpaired) electrons. The van der Waals surface area contributed by atoms with Crippen LogP contribution < -0.4 is 4.90 Å². The fourth-order valence-corrected chi connectivity index (χ4v) is 5.17.